The molecule has 0 N–H and O–H groups in total. The third-order valence-electron chi connectivity index (χ3n) is 4.87. The summed E-state index contributed by atoms with van der Waals surface area (Å²) in [6, 6.07) is 12.1. The van der Waals surface area contributed by atoms with E-state index in [0.29, 0.717) is 43.4 Å². The predicted octanol–water partition coefficient (Wildman–Crippen LogP) is 6.72. The molecule has 4 rings (SSSR count). The van der Waals surface area contributed by atoms with Gasteiger partial charge in [0.2, 0.25) is 0 Å². The largest absolute Gasteiger partial charge is 0.494 e. The lowest BCUT2D eigenvalue weighted by atomic mass is 10.2. The lowest BCUT2D eigenvalue weighted by Crippen LogP contribution is -2.25. The zero-order chi connectivity index (χ0) is 21.4. The van der Waals surface area contributed by atoms with Crippen LogP contribution in [0.1, 0.15) is 11.3 Å². The maximum Gasteiger partial charge on any atom is 0.157 e. The van der Waals surface area contributed by atoms with Crippen molar-refractivity contribution < 1.29 is 9.47 Å². The van der Waals surface area contributed by atoms with Crippen molar-refractivity contribution in [3.8, 4) is 11.5 Å². The number of halogens is 4. The quantitative estimate of drug-likeness (QED) is 0.368. The fourth-order valence-electron chi connectivity index (χ4n) is 3.49. The molecule has 0 amide bonds. The molecule has 2 aromatic carbocycles. The third-order valence-corrected chi connectivity index (χ3v) is 6.59. The Morgan fingerprint density at radius 2 is 1.63 bits per heavy atom. The molecule has 1 aromatic heterocycles. The van der Waals surface area contributed by atoms with Crippen molar-refractivity contribution in [1.82, 2.24) is 4.57 Å². The summed E-state index contributed by atoms with van der Waals surface area (Å²) in [7, 11) is 3.08. The van der Waals surface area contributed by atoms with Crippen molar-refractivity contribution in [1.29, 1.82) is 0 Å². The monoisotopic (exact) mass is 527 g/mol. The number of hydrogen-bond donors (Lipinski definition) is 0. The summed E-state index contributed by atoms with van der Waals surface area (Å²) in [6.45, 7) is 0.915. The number of benzene rings is 2. The maximum atomic E-state index is 6.70. The van der Waals surface area contributed by atoms with E-state index >= 15 is 0 Å². The summed E-state index contributed by atoms with van der Waals surface area (Å²) in [4.78, 5) is 6.40. The lowest BCUT2D eigenvalue weighted by molar-refractivity contribution is 0.390. The van der Waals surface area contributed by atoms with Gasteiger partial charge in [-0.3, -0.25) is 0 Å². The van der Waals surface area contributed by atoms with Gasteiger partial charge in [-0.15, -0.1) is 0 Å². The van der Waals surface area contributed by atoms with Gasteiger partial charge in [0.1, 0.15) is 26.9 Å². The second kappa shape index (κ2) is 8.71. The first-order valence-corrected chi connectivity index (χ1v) is 10.9. The Morgan fingerprint density at radius 3 is 2.23 bits per heavy atom. The van der Waals surface area contributed by atoms with Gasteiger partial charge in [0.15, 0.2) is 16.7 Å². The Kier molecular flexibility index (Phi) is 6.21. The molecule has 0 unspecified atom stereocenters. The van der Waals surface area contributed by atoms with E-state index in [9.17, 15) is 0 Å². The molecule has 1 aliphatic heterocycles. The molecule has 0 spiro atoms. The van der Waals surface area contributed by atoms with Crippen LogP contribution in [0.3, 0.4) is 0 Å². The zero-order valence-corrected chi connectivity index (χ0v) is 20.0. The number of methoxy groups -OCH3 is 2. The minimum atomic E-state index is 0.258. The van der Waals surface area contributed by atoms with Gasteiger partial charge in [-0.05, 0) is 27.6 Å². The van der Waals surface area contributed by atoms with Crippen LogP contribution in [-0.2, 0) is 6.54 Å². The van der Waals surface area contributed by atoms with E-state index < -0.39 is 0 Å². The number of nitrogens with zero attached hydrogens (tertiary/aromatic N) is 3. The second-order valence-electron chi connectivity index (χ2n) is 6.54. The average molecular weight is 530 g/mol. The Labute approximate surface area is 197 Å². The van der Waals surface area contributed by atoms with Crippen molar-refractivity contribution in [3.63, 3.8) is 0 Å². The molecule has 0 fully saturated rings. The number of aromatic nitrogens is 1. The van der Waals surface area contributed by atoms with Gasteiger partial charge in [0.25, 0.3) is 0 Å². The highest BCUT2D eigenvalue weighted by molar-refractivity contribution is 9.10. The SMILES string of the molecule is COc1c(Cl)c(N2CN=C(Cl)c3c2ccn3Cc2ccccc2)c(Cl)c(OC)c1Br. The van der Waals surface area contributed by atoms with Crippen LogP contribution in [0.15, 0.2) is 52.1 Å². The van der Waals surface area contributed by atoms with Crippen molar-refractivity contribution in [2.45, 2.75) is 6.54 Å². The molecule has 0 saturated carbocycles. The van der Waals surface area contributed by atoms with Crippen molar-refractivity contribution >= 4 is 67.3 Å². The van der Waals surface area contributed by atoms with Crippen LogP contribution in [0.25, 0.3) is 0 Å². The molecule has 3 aromatic rings. The molecule has 9 heteroatoms. The number of anilines is 2. The fourth-order valence-corrected chi connectivity index (χ4v) is 5.48. The normalized spacial score (nSPS) is 13.1. The van der Waals surface area contributed by atoms with Gasteiger partial charge in [0, 0.05) is 12.7 Å². The van der Waals surface area contributed by atoms with Crippen LogP contribution in [0.4, 0.5) is 11.4 Å². The maximum absolute atomic E-state index is 6.70. The highest BCUT2D eigenvalue weighted by atomic mass is 79.9. The van der Waals surface area contributed by atoms with Crippen LogP contribution in [-0.4, -0.2) is 30.6 Å². The highest BCUT2D eigenvalue weighted by Gasteiger charge is 2.31. The van der Waals surface area contributed by atoms with Crippen LogP contribution in [0, 0.1) is 0 Å². The predicted molar refractivity (Wildman–Crippen MR) is 127 cm³/mol. The summed E-state index contributed by atoms with van der Waals surface area (Å²) in [5, 5.41) is 1.14. The Hall–Kier alpha value is -1.86. The molecule has 156 valence electrons. The van der Waals surface area contributed by atoms with E-state index in [1.165, 1.54) is 14.2 Å². The van der Waals surface area contributed by atoms with E-state index in [0.717, 1.165) is 16.9 Å². The smallest absolute Gasteiger partial charge is 0.157 e. The topological polar surface area (TPSA) is 39.0 Å². The zero-order valence-electron chi connectivity index (χ0n) is 16.1. The number of hydrogen-bond acceptors (Lipinski definition) is 4. The molecule has 5 nitrogen and oxygen atoms in total. The first-order chi connectivity index (χ1) is 14.5. The summed E-state index contributed by atoms with van der Waals surface area (Å²) in [6.07, 6.45) is 1.98. The Balaban J connectivity index is 1.85. The van der Waals surface area contributed by atoms with Crippen LogP contribution < -0.4 is 14.4 Å². The molecule has 1 aliphatic rings. The number of ether oxygens (including phenoxy) is 2. The summed E-state index contributed by atoms with van der Waals surface area (Å²) in [5.74, 6) is 0.859. The van der Waals surface area contributed by atoms with E-state index in [2.05, 4.69) is 37.6 Å². The molecular formula is C21H17BrCl3N3O2. The average Bonchev–Trinajstić information content (AvgIpc) is 3.15. The van der Waals surface area contributed by atoms with Crippen LogP contribution in [0.5, 0.6) is 11.5 Å². The summed E-state index contributed by atoms with van der Waals surface area (Å²) >= 11 is 23.4. The molecular weight excluding hydrogens is 513 g/mol. The molecule has 0 radical (unpaired) electrons. The standard InChI is InChI=1S/C21H17BrCl3N3O2/c1-29-19-14(22)20(30-2)16(24)18(15(19)23)28-11-26-21(25)17-13(28)8-9-27(17)10-12-6-4-3-5-7-12/h3-9H,10-11H2,1-2H3. The number of rotatable bonds is 5. The Bertz CT molecular complexity index is 1100. The van der Waals surface area contributed by atoms with E-state index in [-0.39, 0.29) is 6.67 Å². The second-order valence-corrected chi connectivity index (χ2v) is 8.45. The van der Waals surface area contributed by atoms with E-state index in [4.69, 9.17) is 44.3 Å². The first-order valence-electron chi connectivity index (χ1n) is 8.97. The minimum Gasteiger partial charge on any atom is -0.494 e. The summed E-state index contributed by atoms with van der Waals surface area (Å²) < 4.78 is 13.6. The lowest BCUT2D eigenvalue weighted by Gasteiger charge is -2.30. The molecule has 0 aliphatic carbocycles. The van der Waals surface area contributed by atoms with Crippen molar-refractivity contribution in [3.05, 3.63) is 68.4 Å². The molecule has 0 bridgehead atoms. The molecule has 0 atom stereocenters. The third kappa shape index (κ3) is 3.56. The molecule has 30 heavy (non-hydrogen) atoms. The van der Waals surface area contributed by atoms with Crippen molar-refractivity contribution in [2.75, 3.05) is 25.8 Å². The highest BCUT2D eigenvalue weighted by Crippen LogP contribution is 2.53. The van der Waals surface area contributed by atoms with E-state index in [1.54, 1.807) is 0 Å². The first kappa shape index (κ1) is 21.4. The van der Waals surface area contributed by atoms with Gasteiger partial charge in [-0.2, -0.15) is 0 Å². The van der Waals surface area contributed by atoms with Gasteiger partial charge in [0.05, 0.1) is 25.6 Å². The molecule has 0 saturated heterocycles. The van der Waals surface area contributed by atoms with Gasteiger partial charge in [-0.1, -0.05) is 65.1 Å². The number of aliphatic imine (C=N–C) groups is 1. The summed E-state index contributed by atoms with van der Waals surface area (Å²) in [5.41, 5.74) is 3.34. The van der Waals surface area contributed by atoms with E-state index in [1.807, 2.05) is 35.4 Å². The van der Waals surface area contributed by atoms with Crippen LogP contribution >= 0.6 is 50.7 Å². The minimum absolute atomic E-state index is 0.258. The van der Waals surface area contributed by atoms with Gasteiger partial charge < -0.3 is 18.9 Å². The number of fused-ring (bicyclic) bond motifs is 1. The fraction of sp³-hybridized carbons (Fsp3) is 0.190. The van der Waals surface area contributed by atoms with Crippen LogP contribution in [0.2, 0.25) is 10.0 Å². The van der Waals surface area contributed by atoms with Gasteiger partial charge >= 0.3 is 0 Å². The van der Waals surface area contributed by atoms with Gasteiger partial charge in [-0.25, -0.2) is 4.99 Å². The Morgan fingerprint density at radius 1 is 1.00 bits per heavy atom. The molecule has 2 heterocycles. The van der Waals surface area contributed by atoms with Crippen molar-refractivity contribution in [2.24, 2.45) is 4.99 Å².